The third-order valence-electron chi connectivity index (χ3n) is 4.78. The summed E-state index contributed by atoms with van der Waals surface area (Å²) in [4.78, 5) is 10.9. The minimum Gasteiger partial charge on any atom is -0.237 e. The van der Waals surface area contributed by atoms with Crippen molar-refractivity contribution in [2.75, 3.05) is 0 Å². The van der Waals surface area contributed by atoms with Gasteiger partial charge in [-0.1, -0.05) is 43.9 Å². The molecule has 2 nitrogen and oxygen atoms in total. The lowest BCUT2D eigenvalue weighted by Crippen LogP contribution is -2.08. The molecule has 0 aliphatic carbocycles. The Kier molecular flexibility index (Phi) is 7.43. The Morgan fingerprint density at radius 2 is 1.83 bits per heavy atom. The van der Waals surface area contributed by atoms with Crippen molar-refractivity contribution in [2.45, 2.75) is 52.1 Å². The lowest BCUT2D eigenvalue weighted by molar-refractivity contribution is -0.137. The van der Waals surface area contributed by atoms with Gasteiger partial charge in [-0.3, -0.25) is 0 Å². The summed E-state index contributed by atoms with van der Waals surface area (Å²) in [6.45, 7) is 3.84. The molecule has 3 rings (SSSR count). The number of thiophene rings is 1. The topological polar surface area (TPSA) is 25.8 Å². The fourth-order valence-electron chi connectivity index (χ4n) is 3.19. The van der Waals surface area contributed by atoms with E-state index < -0.39 is 11.7 Å². The van der Waals surface area contributed by atoms with Gasteiger partial charge in [0.2, 0.25) is 0 Å². The average molecular weight is 431 g/mol. The van der Waals surface area contributed by atoms with Gasteiger partial charge in [0.1, 0.15) is 0 Å². The highest BCUT2D eigenvalue weighted by molar-refractivity contribution is 7.12. The Morgan fingerprint density at radius 3 is 2.60 bits per heavy atom. The summed E-state index contributed by atoms with van der Waals surface area (Å²) in [6.07, 6.45) is 6.84. The van der Waals surface area contributed by atoms with E-state index in [0.29, 0.717) is 11.3 Å². The van der Waals surface area contributed by atoms with Crippen LogP contribution >= 0.6 is 11.3 Å². The monoisotopic (exact) mass is 430 g/mol. The van der Waals surface area contributed by atoms with E-state index in [0.717, 1.165) is 17.4 Å². The zero-order valence-electron chi connectivity index (χ0n) is 17.2. The smallest absolute Gasteiger partial charge is 0.237 e. The van der Waals surface area contributed by atoms with Gasteiger partial charge in [-0.05, 0) is 56.2 Å². The van der Waals surface area contributed by atoms with E-state index in [1.165, 1.54) is 42.8 Å². The molecule has 6 heteroatoms. The Morgan fingerprint density at radius 1 is 1.00 bits per heavy atom. The molecule has 2 aromatic heterocycles. The molecule has 3 aromatic rings. The number of unbranched alkanes of at least 4 members (excludes halogenated alkanes) is 3. The van der Waals surface area contributed by atoms with E-state index in [1.807, 2.05) is 12.2 Å². The molecule has 0 unspecified atom stereocenters. The van der Waals surface area contributed by atoms with Crippen molar-refractivity contribution in [3.63, 3.8) is 0 Å². The zero-order valence-corrected chi connectivity index (χ0v) is 18.0. The van der Waals surface area contributed by atoms with Gasteiger partial charge in [0.05, 0.1) is 11.3 Å². The first-order chi connectivity index (χ1) is 14.4. The summed E-state index contributed by atoms with van der Waals surface area (Å²) >= 11 is 1.74. The molecule has 0 aliphatic heterocycles. The Bertz CT molecular complexity index is 1010. The molecule has 0 spiro atoms. The first kappa shape index (κ1) is 22.2. The van der Waals surface area contributed by atoms with E-state index in [1.54, 1.807) is 30.4 Å². The minimum atomic E-state index is -4.46. The Hall–Kier alpha value is -2.47. The van der Waals surface area contributed by atoms with Crippen molar-refractivity contribution in [2.24, 2.45) is 0 Å². The standard InChI is InChI=1S/C24H25F3N2S/c1-3-4-5-6-7-19-11-12-20(30-19)10-9-18-14-15-28-23(29-18)21-13-8-17(2)16-22(21)24(25,26)27/h8-16H,3-7H2,1-2H3/b10-9+. The number of nitrogens with zero attached hydrogens (tertiary/aromatic N) is 2. The molecule has 2 heterocycles. The number of aryl methyl sites for hydroxylation is 2. The molecule has 0 aliphatic rings. The largest absolute Gasteiger partial charge is 0.417 e. The lowest BCUT2D eigenvalue weighted by atomic mass is 10.0. The van der Waals surface area contributed by atoms with Crippen LogP contribution in [0.15, 0.2) is 42.6 Å². The van der Waals surface area contributed by atoms with Crippen LogP contribution in [-0.4, -0.2) is 9.97 Å². The first-order valence-corrected chi connectivity index (χ1v) is 11.0. The molecular formula is C24H25F3N2S. The average Bonchev–Trinajstić information content (AvgIpc) is 3.17. The van der Waals surface area contributed by atoms with Gasteiger partial charge in [-0.15, -0.1) is 11.3 Å². The molecule has 0 fully saturated rings. The van der Waals surface area contributed by atoms with Gasteiger partial charge in [-0.25, -0.2) is 9.97 Å². The number of aromatic nitrogens is 2. The SMILES string of the molecule is CCCCCCc1ccc(/C=C/c2ccnc(-c3ccc(C)cc3C(F)(F)F)n2)s1. The number of halogens is 3. The summed E-state index contributed by atoms with van der Waals surface area (Å²) in [7, 11) is 0. The van der Waals surface area contributed by atoms with Crippen molar-refractivity contribution in [3.8, 4) is 11.4 Å². The third kappa shape index (κ3) is 6.02. The molecule has 0 N–H and O–H groups in total. The number of hydrogen-bond acceptors (Lipinski definition) is 3. The highest BCUT2D eigenvalue weighted by Crippen LogP contribution is 2.36. The van der Waals surface area contributed by atoms with Crippen molar-refractivity contribution >= 4 is 23.5 Å². The predicted octanol–water partition coefficient (Wildman–Crippen LogP) is 7.83. The summed E-state index contributed by atoms with van der Waals surface area (Å²) in [5.74, 6) is 0.0762. The van der Waals surface area contributed by atoms with Crippen LogP contribution in [0.5, 0.6) is 0 Å². The van der Waals surface area contributed by atoms with E-state index in [4.69, 9.17) is 0 Å². The third-order valence-corrected chi connectivity index (χ3v) is 5.89. The van der Waals surface area contributed by atoms with E-state index >= 15 is 0 Å². The molecule has 0 amide bonds. The fraction of sp³-hybridized carbons (Fsp3) is 0.333. The van der Waals surface area contributed by atoms with Crippen LogP contribution in [0, 0.1) is 6.92 Å². The lowest BCUT2D eigenvalue weighted by Gasteiger charge is -2.13. The maximum absolute atomic E-state index is 13.4. The number of benzene rings is 1. The van der Waals surface area contributed by atoms with Gasteiger partial charge in [0.25, 0.3) is 0 Å². The van der Waals surface area contributed by atoms with Crippen LogP contribution in [0.1, 0.15) is 59.2 Å². The zero-order chi connectivity index (χ0) is 21.6. The fourth-order valence-corrected chi connectivity index (χ4v) is 4.15. The maximum atomic E-state index is 13.4. The summed E-state index contributed by atoms with van der Waals surface area (Å²) < 4.78 is 40.3. The van der Waals surface area contributed by atoms with Crippen molar-refractivity contribution in [1.82, 2.24) is 9.97 Å². The van der Waals surface area contributed by atoms with Gasteiger partial charge in [0, 0.05) is 21.5 Å². The molecule has 158 valence electrons. The molecule has 0 saturated carbocycles. The van der Waals surface area contributed by atoms with E-state index in [2.05, 4.69) is 29.0 Å². The normalized spacial score (nSPS) is 12.0. The van der Waals surface area contributed by atoms with Gasteiger partial charge >= 0.3 is 6.18 Å². The molecule has 0 radical (unpaired) electrons. The van der Waals surface area contributed by atoms with E-state index in [9.17, 15) is 13.2 Å². The van der Waals surface area contributed by atoms with Crippen molar-refractivity contribution in [1.29, 1.82) is 0 Å². The second-order valence-corrected chi connectivity index (χ2v) is 8.50. The molecule has 0 bridgehead atoms. The summed E-state index contributed by atoms with van der Waals surface area (Å²) in [6, 6.07) is 10.1. The number of hydrogen-bond donors (Lipinski definition) is 0. The summed E-state index contributed by atoms with van der Waals surface area (Å²) in [5.41, 5.74) is 0.403. The highest BCUT2D eigenvalue weighted by atomic mass is 32.1. The molecule has 0 saturated heterocycles. The number of rotatable bonds is 8. The van der Waals surface area contributed by atoms with Crippen molar-refractivity contribution in [3.05, 3.63) is 69.2 Å². The van der Waals surface area contributed by atoms with Crippen LogP contribution in [-0.2, 0) is 12.6 Å². The van der Waals surface area contributed by atoms with Crippen LogP contribution < -0.4 is 0 Å². The van der Waals surface area contributed by atoms with Gasteiger partial charge in [-0.2, -0.15) is 13.2 Å². The number of alkyl halides is 3. The predicted molar refractivity (Wildman–Crippen MR) is 118 cm³/mol. The van der Waals surface area contributed by atoms with Crippen LogP contribution in [0.25, 0.3) is 23.5 Å². The Balaban J connectivity index is 1.77. The first-order valence-electron chi connectivity index (χ1n) is 10.1. The summed E-state index contributed by atoms with van der Waals surface area (Å²) in [5, 5.41) is 0. The Labute approximate surface area is 179 Å². The second-order valence-electron chi connectivity index (χ2n) is 7.30. The van der Waals surface area contributed by atoms with Crippen LogP contribution in [0.2, 0.25) is 0 Å². The van der Waals surface area contributed by atoms with Crippen LogP contribution in [0.4, 0.5) is 13.2 Å². The minimum absolute atomic E-state index is 0.00570. The molecule has 0 atom stereocenters. The molecule has 30 heavy (non-hydrogen) atoms. The second kappa shape index (κ2) is 10.0. The van der Waals surface area contributed by atoms with E-state index in [-0.39, 0.29) is 11.4 Å². The quantitative estimate of drug-likeness (QED) is 0.340. The maximum Gasteiger partial charge on any atom is 0.417 e. The van der Waals surface area contributed by atoms with Crippen molar-refractivity contribution < 1.29 is 13.2 Å². The van der Waals surface area contributed by atoms with Gasteiger partial charge in [0.15, 0.2) is 5.82 Å². The van der Waals surface area contributed by atoms with Crippen LogP contribution in [0.3, 0.4) is 0 Å². The molecular weight excluding hydrogens is 405 g/mol. The van der Waals surface area contributed by atoms with Gasteiger partial charge < -0.3 is 0 Å². The highest BCUT2D eigenvalue weighted by Gasteiger charge is 2.34. The molecule has 1 aromatic carbocycles.